The lowest BCUT2D eigenvalue weighted by molar-refractivity contribution is -0.119. The minimum atomic E-state index is -0.507. The average molecular weight is 755 g/mol. The number of primary amides is 2. The predicted octanol–water partition coefficient (Wildman–Crippen LogP) is 5.13. The molecule has 18 heteroatoms. The van der Waals surface area contributed by atoms with Crippen molar-refractivity contribution in [2.75, 3.05) is 10.6 Å². The van der Waals surface area contributed by atoms with Gasteiger partial charge in [-0.15, -0.1) is 0 Å². The van der Waals surface area contributed by atoms with E-state index in [-0.39, 0.29) is 24.5 Å². The Bertz CT molecular complexity index is 2740. The highest BCUT2D eigenvalue weighted by Gasteiger charge is 2.15. The molecule has 0 spiro atoms. The zero-order valence-electron chi connectivity index (χ0n) is 29.9. The SMILES string of the molecule is Cc1ccc(F)c(-c2cc(Nc3ccnc4cn(CC(N)=O)nc34)ccn2)n1.Cc1ccc(F)c(-c2cc(Nc3ccnc4cnn(CC(N)=O)c34)ccn2)n1. The van der Waals surface area contributed by atoms with Crippen molar-refractivity contribution in [3.05, 3.63) is 121 Å². The molecular formula is C38H32F2N14O2. The number of halogens is 2. The number of nitrogens with one attached hydrogen (secondary N) is 2. The van der Waals surface area contributed by atoms with E-state index in [0.29, 0.717) is 67.6 Å². The molecular weight excluding hydrogens is 723 g/mol. The van der Waals surface area contributed by atoms with Gasteiger partial charge in [0, 0.05) is 47.6 Å². The van der Waals surface area contributed by atoms with E-state index in [4.69, 9.17) is 11.5 Å². The van der Waals surface area contributed by atoms with E-state index in [1.165, 1.54) is 21.5 Å². The summed E-state index contributed by atoms with van der Waals surface area (Å²) in [5.74, 6) is -1.88. The summed E-state index contributed by atoms with van der Waals surface area (Å²) in [5, 5.41) is 15.0. The van der Waals surface area contributed by atoms with E-state index >= 15 is 0 Å². The molecule has 6 N–H and O–H groups in total. The number of nitrogens with two attached hydrogens (primary N) is 2. The molecule has 56 heavy (non-hydrogen) atoms. The Morgan fingerprint density at radius 2 is 1.21 bits per heavy atom. The molecule has 0 saturated heterocycles. The maximum absolute atomic E-state index is 14.2. The second-order valence-electron chi connectivity index (χ2n) is 12.4. The van der Waals surface area contributed by atoms with Crippen LogP contribution in [0.25, 0.3) is 44.8 Å². The highest BCUT2D eigenvalue weighted by Crippen LogP contribution is 2.29. The number of hydrogen-bond donors (Lipinski definition) is 4. The lowest BCUT2D eigenvalue weighted by atomic mass is 10.2. The number of pyridine rings is 6. The van der Waals surface area contributed by atoms with Gasteiger partial charge < -0.3 is 22.1 Å². The van der Waals surface area contributed by atoms with Crippen molar-refractivity contribution in [3.8, 4) is 22.8 Å². The second-order valence-corrected chi connectivity index (χ2v) is 12.4. The summed E-state index contributed by atoms with van der Waals surface area (Å²) in [5.41, 5.74) is 18.3. The third-order valence-corrected chi connectivity index (χ3v) is 8.14. The third-order valence-electron chi connectivity index (χ3n) is 8.14. The molecule has 2 amide bonds. The first-order chi connectivity index (χ1) is 27.0. The summed E-state index contributed by atoms with van der Waals surface area (Å²) in [6.07, 6.45) is 9.61. The van der Waals surface area contributed by atoms with Gasteiger partial charge in [-0.05, 0) is 74.5 Å². The Balaban J connectivity index is 0.000000172. The summed E-state index contributed by atoms with van der Waals surface area (Å²) in [6.45, 7) is 3.48. The van der Waals surface area contributed by atoms with E-state index < -0.39 is 23.4 Å². The number of carbonyl (C=O) groups excluding carboxylic acids is 2. The monoisotopic (exact) mass is 754 g/mol. The quantitative estimate of drug-likeness (QED) is 0.143. The Morgan fingerprint density at radius 3 is 1.80 bits per heavy atom. The Kier molecular flexibility index (Phi) is 10.3. The highest BCUT2D eigenvalue weighted by atomic mass is 19.1. The van der Waals surface area contributed by atoms with Gasteiger partial charge in [-0.1, -0.05) is 0 Å². The van der Waals surface area contributed by atoms with Gasteiger partial charge in [0.25, 0.3) is 0 Å². The van der Waals surface area contributed by atoms with Gasteiger partial charge in [-0.25, -0.2) is 18.7 Å². The predicted molar refractivity (Wildman–Crippen MR) is 204 cm³/mol. The average Bonchev–Trinajstić information content (AvgIpc) is 3.78. The van der Waals surface area contributed by atoms with Crippen LogP contribution in [0.1, 0.15) is 11.4 Å². The maximum Gasteiger partial charge on any atom is 0.239 e. The number of nitrogens with zero attached hydrogens (tertiary/aromatic N) is 10. The fourth-order valence-electron chi connectivity index (χ4n) is 5.72. The number of hydrogen-bond acceptors (Lipinski definition) is 12. The number of aryl methyl sites for hydroxylation is 2. The number of aromatic nitrogens is 10. The van der Waals surface area contributed by atoms with Crippen LogP contribution in [0, 0.1) is 25.5 Å². The first-order valence-electron chi connectivity index (χ1n) is 16.9. The number of carbonyl (C=O) groups is 2. The summed E-state index contributed by atoms with van der Waals surface area (Å²) in [7, 11) is 0. The summed E-state index contributed by atoms with van der Waals surface area (Å²) < 4.78 is 31.2. The Labute approximate surface area is 316 Å². The van der Waals surface area contributed by atoms with Gasteiger partial charge in [0.05, 0.1) is 35.2 Å². The fraction of sp³-hybridized carbons (Fsp3) is 0.105. The number of amides is 2. The standard InChI is InChI=1S/2C19H16FN7O/c1-11-2-3-13(20)18(24-11)15-8-12(4-6-22-15)25-14-5-7-23-16-9-27(10-17(21)28)26-19(14)16;1-11-2-3-13(20)18(25-11)15-8-12(4-6-22-15)26-14-5-7-23-16-9-24-27(19(14)16)10-17(21)28/h2-9H,10H2,1H3,(H2,21,28)(H,22,25);2-9H,10H2,1H3,(H2,21,28)(H,22,23,26). The van der Waals surface area contributed by atoms with Gasteiger partial charge >= 0.3 is 0 Å². The van der Waals surface area contributed by atoms with Crippen molar-refractivity contribution >= 4 is 56.6 Å². The van der Waals surface area contributed by atoms with Gasteiger partial charge in [-0.3, -0.25) is 38.9 Å². The summed E-state index contributed by atoms with van der Waals surface area (Å²) in [6, 6.07) is 16.4. The van der Waals surface area contributed by atoms with Crippen LogP contribution in [0.15, 0.2) is 97.8 Å². The molecule has 8 heterocycles. The Hall–Kier alpha value is -7.76. The lowest BCUT2D eigenvalue weighted by Crippen LogP contribution is -2.19. The van der Waals surface area contributed by atoms with E-state index in [2.05, 4.69) is 50.7 Å². The lowest BCUT2D eigenvalue weighted by Gasteiger charge is -2.11. The third kappa shape index (κ3) is 8.23. The van der Waals surface area contributed by atoms with E-state index in [0.717, 1.165) is 0 Å². The molecule has 0 aliphatic rings. The first-order valence-corrected chi connectivity index (χ1v) is 16.9. The normalized spacial score (nSPS) is 10.9. The number of anilines is 4. The van der Waals surface area contributed by atoms with E-state index in [1.54, 1.807) is 99.6 Å². The zero-order chi connectivity index (χ0) is 39.3. The molecule has 0 atom stereocenters. The maximum atomic E-state index is 14.2. The molecule has 0 saturated carbocycles. The molecule has 8 aromatic rings. The van der Waals surface area contributed by atoms with Crippen molar-refractivity contribution in [2.45, 2.75) is 26.9 Å². The molecule has 0 fully saturated rings. The highest BCUT2D eigenvalue weighted by molar-refractivity contribution is 5.91. The molecule has 0 bridgehead atoms. The van der Waals surface area contributed by atoms with Gasteiger partial charge in [0.1, 0.15) is 46.5 Å². The van der Waals surface area contributed by atoms with Gasteiger partial charge in [0.15, 0.2) is 11.6 Å². The molecule has 0 unspecified atom stereocenters. The molecule has 280 valence electrons. The molecule has 8 rings (SSSR count). The number of fused-ring (bicyclic) bond motifs is 2. The van der Waals surface area contributed by atoms with Crippen LogP contribution in [-0.4, -0.2) is 61.3 Å². The summed E-state index contributed by atoms with van der Waals surface area (Å²) in [4.78, 5) is 47.9. The summed E-state index contributed by atoms with van der Waals surface area (Å²) >= 11 is 0. The van der Waals surface area contributed by atoms with Crippen LogP contribution < -0.4 is 22.1 Å². The molecule has 16 nitrogen and oxygen atoms in total. The molecule has 0 radical (unpaired) electrons. The minimum absolute atomic E-state index is 0.0342. The van der Waals surface area contributed by atoms with Crippen LogP contribution in [0.4, 0.5) is 31.5 Å². The first kappa shape index (κ1) is 36.6. The smallest absolute Gasteiger partial charge is 0.239 e. The fourth-order valence-corrected chi connectivity index (χ4v) is 5.72. The van der Waals surface area contributed by atoms with Crippen LogP contribution in [0.2, 0.25) is 0 Å². The molecule has 0 aliphatic carbocycles. The topological polar surface area (TPSA) is 223 Å². The van der Waals surface area contributed by atoms with Crippen molar-refractivity contribution in [3.63, 3.8) is 0 Å². The van der Waals surface area contributed by atoms with Crippen LogP contribution >= 0.6 is 0 Å². The van der Waals surface area contributed by atoms with Crippen molar-refractivity contribution in [1.82, 2.24) is 49.5 Å². The van der Waals surface area contributed by atoms with E-state index in [9.17, 15) is 18.4 Å². The molecule has 0 aliphatic heterocycles. The van der Waals surface area contributed by atoms with Crippen LogP contribution in [0.3, 0.4) is 0 Å². The van der Waals surface area contributed by atoms with Crippen molar-refractivity contribution in [2.24, 2.45) is 11.5 Å². The van der Waals surface area contributed by atoms with Crippen LogP contribution in [-0.2, 0) is 22.7 Å². The van der Waals surface area contributed by atoms with Crippen molar-refractivity contribution in [1.29, 1.82) is 0 Å². The Morgan fingerprint density at radius 1 is 0.679 bits per heavy atom. The van der Waals surface area contributed by atoms with Gasteiger partial charge in [-0.2, -0.15) is 10.2 Å². The van der Waals surface area contributed by atoms with Gasteiger partial charge in [0.2, 0.25) is 11.8 Å². The zero-order valence-corrected chi connectivity index (χ0v) is 29.9. The van der Waals surface area contributed by atoms with Crippen molar-refractivity contribution < 1.29 is 18.4 Å². The van der Waals surface area contributed by atoms with E-state index in [1.807, 2.05) is 0 Å². The second kappa shape index (κ2) is 15.7. The van der Waals surface area contributed by atoms with Crippen LogP contribution in [0.5, 0.6) is 0 Å². The minimum Gasteiger partial charge on any atom is -0.368 e. The molecule has 0 aromatic carbocycles. The number of rotatable bonds is 10. The molecule has 8 aromatic heterocycles. The largest absolute Gasteiger partial charge is 0.368 e.